The molecule has 1 aromatic rings. The quantitative estimate of drug-likeness (QED) is 0.649. The van der Waals surface area contributed by atoms with Crippen LogP contribution in [0, 0.1) is 20.2 Å². The van der Waals surface area contributed by atoms with Crippen LogP contribution in [0.1, 0.15) is 12.8 Å². The number of benzene rings is 1. The highest BCUT2D eigenvalue weighted by Crippen LogP contribution is 2.28. The summed E-state index contributed by atoms with van der Waals surface area (Å²) in [5.41, 5.74) is -0.685. The summed E-state index contributed by atoms with van der Waals surface area (Å²) in [5.74, 6) is -0.139. The van der Waals surface area contributed by atoms with E-state index in [9.17, 15) is 25.0 Å². The first-order valence-electron chi connectivity index (χ1n) is 6.43. The number of carbonyl (C=O) groups excluding carboxylic acids is 1. The first kappa shape index (κ1) is 14.7. The van der Waals surface area contributed by atoms with Crippen molar-refractivity contribution in [2.45, 2.75) is 12.8 Å². The fraction of sp³-hybridized carbons (Fsp3) is 0.417. The van der Waals surface area contributed by atoms with Gasteiger partial charge in [0, 0.05) is 19.2 Å². The Kier molecular flexibility index (Phi) is 4.31. The molecule has 21 heavy (non-hydrogen) atoms. The van der Waals surface area contributed by atoms with E-state index in [4.69, 9.17) is 0 Å². The number of hydrogen-bond donors (Lipinski definition) is 1. The molecule has 1 aliphatic heterocycles. The summed E-state index contributed by atoms with van der Waals surface area (Å²) in [5, 5.41) is 24.3. The number of hydrogen-bond acceptors (Lipinski definition) is 6. The van der Waals surface area contributed by atoms with Gasteiger partial charge in [0.1, 0.15) is 5.69 Å². The van der Waals surface area contributed by atoms with E-state index in [-0.39, 0.29) is 23.8 Å². The lowest BCUT2D eigenvalue weighted by Crippen LogP contribution is -2.33. The van der Waals surface area contributed by atoms with E-state index in [1.165, 1.54) is 6.07 Å². The van der Waals surface area contributed by atoms with Gasteiger partial charge in [0.15, 0.2) is 0 Å². The standard InChI is InChI=1S/C12H14N4O5/c17-12(14-5-1-2-6-14)8-13-10-4-3-9(15(18)19)7-11(10)16(20)21/h3-4,7,13H,1-2,5-6,8H2. The Morgan fingerprint density at radius 2 is 1.86 bits per heavy atom. The maximum Gasteiger partial charge on any atom is 0.299 e. The van der Waals surface area contributed by atoms with Gasteiger partial charge in [0.05, 0.1) is 22.5 Å². The second-order valence-electron chi connectivity index (χ2n) is 4.66. The molecule has 1 saturated heterocycles. The zero-order valence-electron chi connectivity index (χ0n) is 11.2. The van der Waals surface area contributed by atoms with Crippen LogP contribution in [-0.4, -0.2) is 40.3 Å². The molecule has 0 bridgehead atoms. The number of likely N-dealkylation sites (tertiary alicyclic amines) is 1. The number of nitro groups is 2. The first-order valence-corrected chi connectivity index (χ1v) is 6.43. The van der Waals surface area contributed by atoms with Crippen molar-refractivity contribution in [2.24, 2.45) is 0 Å². The molecule has 2 rings (SSSR count). The Hall–Kier alpha value is -2.71. The maximum absolute atomic E-state index is 11.9. The van der Waals surface area contributed by atoms with Gasteiger partial charge in [-0.2, -0.15) is 0 Å². The van der Waals surface area contributed by atoms with Crippen molar-refractivity contribution in [1.29, 1.82) is 0 Å². The molecule has 0 spiro atoms. The number of nitrogens with zero attached hydrogens (tertiary/aromatic N) is 3. The minimum atomic E-state index is -0.713. The van der Waals surface area contributed by atoms with Crippen LogP contribution in [0.4, 0.5) is 17.1 Å². The van der Waals surface area contributed by atoms with Gasteiger partial charge in [-0.15, -0.1) is 0 Å². The Balaban J connectivity index is 2.10. The van der Waals surface area contributed by atoms with Gasteiger partial charge < -0.3 is 10.2 Å². The van der Waals surface area contributed by atoms with Gasteiger partial charge in [-0.3, -0.25) is 25.0 Å². The number of anilines is 1. The van der Waals surface area contributed by atoms with E-state index in [0.29, 0.717) is 13.1 Å². The van der Waals surface area contributed by atoms with Crippen LogP contribution in [0.25, 0.3) is 0 Å². The van der Waals surface area contributed by atoms with Crippen molar-refractivity contribution in [3.8, 4) is 0 Å². The topological polar surface area (TPSA) is 119 Å². The van der Waals surface area contributed by atoms with E-state index in [2.05, 4.69) is 5.32 Å². The van der Waals surface area contributed by atoms with E-state index in [1.807, 2.05) is 0 Å². The third kappa shape index (κ3) is 3.44. The second-order valence-corrected chi connectivity index (χ2v) is 4.66. The van der Waals surface area contributed by atoms with Crippen molar-refractivity contribution < 1.29 is 14.6 Å². The molecule has 0 atom stereocenters. The molecule has 1 N–H and O–H groups in total. The van der Waals surface area contributed by atoms with E-state index < -0.39 is 15.5 Å². The van der Waals surface area contributed by atoms with Crippen LogP contribution in [0.5, 0.6) is 0 Å². The van der Waals surface area contributed by atoms with Crippen LogP contribution < -0.4 is 5.32 Å². The van der Waals surface area contributed by atoms with Crippen LogP contribution in [0.2, 0.25) is 0 Å². The molecule has 9 heteroatoms. The monoisotopic (exact) mass is 294 g/mol. The molecule has 0 radical (unpaired) electrons. The SMILES string of the molecule is O=C(CNc1ccc([N+](=O)[O-])cc1[N+](=O)[O-])N1CCCC1. The van der Waals surface area contributed by atoms with Crippen molar-refractivity contribution in [2.75, 3.05) is 25.0 Å². The zero-order valence-corrected chi connectivity index (χ0v) is 11.2. The van der Waals surface area contributed by atoms with Gasteiger partial charge in [-0.25, -0.2) is 0 Å². The zero-order chi connectivity index (χ0) is 15.4. The fourth-order valence-corrected chi connectivity index (χ4v) is 2.18. The molecular formula is C12H14N4O5. The Morgan fingerprint density at radius 3 is 2.43 bits per heavy atom. The van der Waals surface area contributed by atoms with Gasteiger partial charge in [0.2, 0.25) is 5.91 Å². The lowest BCUT2D eigenvalue weighted by atomic mass is 10.2. The van der Waals surface area contributed by atoms with Gasteiger partial charge in [-0.1, -0.05) is 0 Å². The molecule has 9 nitrogen and oxygen atoms in total. The summed E-state index contributed by atoms with van der Waals surface area (Å²) in [6.45, 7) is 1.32. The Bertz CT molecular complexity index is 583. The summed E-state index contributed by atoms with van der Waals surface area (Å²) in [4.78, 5) is 33.7. The predicted molar refractivity (Wildman–Crippen MR) is 74.1 cm³/mol. The average Bonchev–Trinajstić information content (AvgIpc) is 2.98. The number of amides is 1. The summed E-state index contributed by atoms with van der Waals surface area (Å²) in [6, 6.07) is 3.28. The minimum absolute atomic E-state index is 0.0708. The molecule has 0 saturated carbocycles. The molecule has 1 fully saturated rings. The third-order valence-corrected chi connectivity index (χ3v) is 3.28. The van der Waals surface area contributed by atoms with Crippen molar-refractivity contribution >= 4 is 23.0 Å². The lowest BCUT2D eigenvalue weighted by molar-refractivity contribution is -0.393. The predicted octanol–water partition coefficient (Wildman–Crippen LogP) is 1.54. The summed E-state index contributed by atoms with van der Waals surface area (Å²) < 4.78 is 0. The summed E-state index contributed by atoms with van der Waals surface area (Å²) in [6.07, 6.45) is 1.92. The van der Waals surface area contributed by atoms with Crippen LogP contribution >= 0.6 is 0 Å². The highest BCUT2D eigenvalue weighted by Gasteiger charge is 2.21. The Morgan fingerprint density at radius 1 is 1.19 bits per heavy atom. The van der Waals surface area contributed by atoms with Crippen LogP contribution in [-0.2, 0) is 4.79 Å². The van der Waals surface area contributed by atoms with Crippen molar-refractivity contribution in [1.82, 2.24) is 4.90 Å². The lowest BCUT2D eigenvalue weighted by Gasteiger charge is -2.15. The van der Waals surface area contributed by atoms with Crippen LogP contribution in [0.3, 0.4) is 0 Å². The normalized spacial score (nSPS) is 14.0. The Labute approximate surface area is 119 Å². The highest BCUT2D eigenvalue weighted by molar-refractivity contribution is 5.82. The fourth-order valence-electron chi connectivity index (χ4n) is 2.18. The van der Waals surface area contributed by atoms with Gasteiger partial charge >= 0.3 is 0 Å². The molecule has 1 heterocycles. The van der Waals surface area contributed by atoms with Crippen molar-refractivity contribution in [3.63, 3.8) is 0 Å². The number of rotatable bonds is 5. The number of non-ortho nitro benzene ring substituents is 1. The molecule has 0 aromatic heterocycles. The molecule has 1 amide bonds. The summed E-state index contributed by atoms with van der Waals surface area (Å²) >= 11 is 0. The maximum atomic E-state index is 11.9. The second kappa shape index (κ2) is 6.16. The molecule has 0 unspecified atom stereocenters. The average molecular weight is 294 g/mol. The first-order chi connectivity index (χ1) is 9.99. The molecular weight excluding hydrogens is 280 g/mol. The summed E-state index contributed by atoms with van der Waals surface area (Å²) in [7, 11) is 0. The van der Waals surface area contributed by atoms with Gasteiger partial charge in [-0.05, 0) is 18.9 Å². The highest BCUT2D eigenvalue weighted by atomic mass is 16.6. The largest absolute Gasteiger partial charge is 0.371 e. The van der Waals surface area contributed by atoms with E-state index >= 15 is 0 Å². The molecule has 1 aliphatic rings. The number of nitrogens with one attached hydrogen (secondary N) is 1. The van der Waals surface area contributed by atoms with Crippen molar-refractivity contribution in [3.05, 3.63) is 38.4 Å². The molecule has 0 aliphatic carbocycles. The van der Waals surface area contributed by atoms with Gasteiger partial charge in [0.25, 0.3) is 11.4 Å². The van der Waals surface area contributed by atoms with Crippen LogP contribution in [0.15, 0.2) is 18.2 Å². The van der Waals surface area contributed by atoms with E-state index in [0.717, 1.165) is 25.0 Å². The minimum Gasteiger partial charge on any atom is -0.371 e. The third-order valence-electron chi connectivity index (χ3n) is 3.28. The van der Waals surface area contributed by atoms with E-state index in [1.54, 1.807) is 4.90 Å². The molecule has 1 aromatic carbocycles. The number of carbonyl (C=O) groups is 1. The smallest absolute Gasteiger partial charge is 0.299 e. The number of nitro benzene ring substituents is 2. The molecule has 112 valence electrons.